The van der Waals surface area contributed by atoms with Gasteiger partial charge >= 0.3 is 6.03 Å². The largest absolute Gasteiger partial charge is 0.495 e. The van der Waals surface area contributed by atoms with Gasteiger partial charge in [0.15, 0.2) is 0 Å². The minimum atomic E-state index is 0.0584. The van der Waals surface area contributed by atoms with Crippen molar-refractivity contribution in [3.05, 3.63) is 24.0 Å². The van der Waals surface area contributed by atoms with E-state index >= 15 is 0 Å². The summed E-state index contributed by atoms with van der Waals surface area (Å²) in [5.41, 5.74) is 0.947. The van der Waals surface area contributed by atoms with Gasteiger partial charge in [0.05, 0.1) is 25.0 Å². The van der Waals surface area contributed by atoms with Crippen LogP contribution in [0.5, 0.6) is 5.75 Å². The van der Waals surface area contributed by atoms with E-state index in [0.717, 1.165) is 56.8 Å². The summed E-state index contributed by atoms with van der Waals surface area (Å²) in [7, 11) is 1.64. The van der Waals surface area contributed by atoms with Crippen LogP contribution in [0.3, 0.4) is 0 Å². The van der Waals surface area contributed by atoms with Crippen LogP contribution in [0.25, 0.3) is 0 Å². The molecule has 1 atom stereocenters. The van der Waals surface area contributed by atoms with Crippen LogP contribution >= 0.6 is 0 Å². The Kier molecular flexibility index (Phi) is 5.78. The summed E-state index contributed by atoms with van der Waals surface area (Å²) < 4.78 is 5.17. The zero-order valence-corrected chi connectivity index (χ0v) is 15.6. The molecular weight excluding hydrogens is 316 g/mol. The van der Waals surface area contributed by atoms with Crippen molar-refractivity contribution in [2.75, 3.05) is 26.7 Å². The first kappa shape index (κ1) is 18.0. The fourth-order valence-corrected chi connectivity index (χ4v) is 3.84. The number of nitrogens with one attached hydrogen (secondary N) is 1. The fourth-order valence-electron chi connectivity index (χ4n) is 3.84. The van der Waals surface area contributed by atoms with E-state index < -0.39 is 0 Å². The Morgan fingerprint density at radius 3 is 2.60 bits per heavy atom. The van der Waals surface area contributed by atoms with Crippen LogP contribution in [0, 0.1) is 0 Å². The van der Waals surface area contributed by atoms with Gasteiger partial charge in [-0.1, -0.05) is 0 Å². The van der Waals surface area contributed by atoms with Crippen LogP contribution in [0.1, 0.15) is 51.3 Å². The molecule has 1 unspecified atom stereocenters. The Bertz CT molecular complexity index is 567. The summed E-state index contributed by atoms with van der Waals surface area (Å²) in [4.78, 5) is 21.7. The topological polar surface area (TPSA) is 57.7 Å². The molecule has 3 heterocycles. The molecule has 0 bridgehead atoms. The summed E-state index contributed by atoms with van der Waals surface area (Å²) >= 11 is 0. The Balaban J connectivity index is 1.57. The third kappa shape index (κ3) is 4.24. The van der Waals surface area contributed by atoms with Crippen molar-refractivity contribution in [3.63, 3.8) is 0 Å². The number of ether oxygens (including phenoxy) is 1. The SMILES string of the molecule is COc1ccc(C2CCCN2C(=O)NC2CCN(C(C)C)CC2)nc1. The molecule has 0 aliphatic carbocycles. The number of hydrogen-bond acceptors (Lipinski definition) is 4. The number of likely N-dealkylation sites (tertiary alicyclic amines) is 2. The highest BCUT2D eigenvalue weighted by atomic mass is 16.5. The molecule has 0 radical (unpaired) electrons. The molecule has 6 heteroatoms. The van der Waals surface area contributed by atoms with Gasteiger partial charge in [-0.15, -0.1) is 0 Å². The van der Waals surface area contributed by atoms with Crippen molar-refractivity contribution in [1.29, 1.82) is 0 Å². The van der Waals surface area contributed by atoms with E-state index in [4.69, 9.17) is 4.74 Å². The lowest BCUT2D eigenvalue weighted by Gasteiger charge is -2.36. The standard InChI is InChI=1S/C19H30N4O2/c1-14(2)22-11-8-15(9-12-22)21-19(24)23-10-4-5-18(23)17-7-6-16(25-3)13-20-17/h6-7,13-15,18H,4-5,8-12H2,1-3H3,(H,21,24). The molecule has 2 aliphatic heterocycles. The van der Waals surface area contributed by atoms with E-state index in [2.05, 4.69) is 29.0 Å². The molecule has 1 aromatic heterocycles. The highest BCUT2D eigenvalue weighted by molar-refractivity contribution is 5.75. The second-order valence-electron chi connectivity index (χ2n) is 7.33. The third-order valence-electron chi connectivity index (χ3n) is 5.44. The van der Waals surface area contributed by atoms with Gasteiger partial charge in [0, 0.05) is 31.7 Å². The molecule has 1 aromatic rings. The molecule has 0 saturated carbocycles. The van der Waals surface area contributed by atoms with Crippen LogP contribution in [-0.4, -0.2) is 59.6 Å². The van der Waals surface area contributed by atoms with Gasteiger partial charge in [-0.2, -0.15) is 0 Å². The number of aromatic nitrogens is 1. The normalized spacial score (nSPS) is 22.4. The predicted octanol–water partition coefficient (Wildman–Crippen LogP) is 2.81. The number of carbonyl (C=O) groups is 1. The van der Waals surface area contributed by atoms with Gasteiger partial charge < -0.3 is 19.9 Å². The molecule has 138 valence electrons. The Hall–Kier alpha value is -1.82. The Morgan fingerprint density at radius 2 is 2.00 bits per heavy atom. The molecule has 0 aromatic carbocycles. The van der Waals surface area contributed by atoms with Gasteiger partial charge in [0.2, 0.25) is 0 Å². The molecule has 2 aliphatic rings. The third-order valence-corrected chi connectivity index (χ3v) is 5.44. The lowest BCUT2D eigenvalue weighted by atomic mass is 10.0. The fraction of sp³-hybridized carbons (Fsp3) is 0.684. The summed E-state index contributed by atoms with van der Waals surface area (Å²) in [6.45, 7) is 7.39. The van der Waals surface area contributed by atoms with Crippen LogP contribution in [0.2, 0.25) is 0 Å². The zero-order valence-electron chi connectivity index (χ0n) is 15.6. The van der Waals surface area contributed by atoms with Gasteiger partial charge in [-0.3, -0.25) is 4.98 Å². The molecule has 2 fully saturated rings. The second-order valence-corrected chi connectivity index (χ2v) is 7.33. The lowest BCUT2D eigenvalue weighted by molar-refractivity contribution is 0.150. The second kappa shape index (κ2) is 8.04. The van der Waals surface area contributed by atoms with Crippen LogP contribution < -0.4 is 10.1 Å². The summed E-state index contributed by atoms with van der Waals surface area (Å²) in [6.07, 6.45) is 5.79. The van der Waals surface area contributed by atoms with Gasteiger partial charge in [0.25, 0.3) is 0 Å². The van der Waals surface area contributed by atoms with Crippen molar-refractivity contribution in [3.8, 4) is 5.75 Å². The van der Waals surface area contributed by atoms with Crippen molar-refractivity contribution < 1.29 is 9.53 Å². The number of carbonyl (C=O) groups excluding carboxylic acids is 1. The van der Waals surface area contributed by atoms with E-state index in [1.54, 1.807) is 13.3 Å². The van der Waals surface area contributed by atoms with E-state index in [0.29, 0.717) is 6.04 Å². The average molecular weight is 346 g/mol. The van der Waals surface area contributed by atoms with Crippen LogP contribution in [-0.2, 0) is 0 Å². The van der Waals surface area contributed by atoms with Crippen LogP contribution in [0.15, 0.2) is 18.3 Å². The molecule has 2 saturated heterocycles. The van der Waals surface area contributed by atoms with E-state index in [9.17, 15) is 4.79 Å². The van der Waals surface area contributed by atoms with Gasteiger partial charge in [-0.25, -0.2) is 4.79 Å². The van der Waals surface area contributed by atoms with E-state index in [1.165, 1.54) is 0 Å². The van der Waals surface area contributed by atoms with Crippen molar-refractivity contribution in [2.24, 2.45) is 0 Å². The number of amides is 2. The maximum Gasteiger partial charge on any atom is 0.318 e. The highest BCUT2D eigenvalue weighted by Crippen LogP contribution is 2.31. The molecule has 25 heavy (non-hydrogen) atoms. The number of rotatable bonds is 4. The highest BCUT2D eigenvalue weighted by Gasteiger charge is 2.32. The number of urea groups is 1. The number of piperidine rings is 1. The molecule has 6 nitrogen and oxygen atoms in total. The van der Waals surface area contributed by atoms with Gasteiger partial charge in [-0.05, 0) is 51.7 Å². The first-order valence-electron chi connectivity index (χ1n) is 9.39. The summed E-state index contributed by atoms with van der Waals surface area (Å²) in [5.74, 6) is 0.745. The lowest BCUT2D eigenvalue weighted by Crippen LogP contribution is -2.50. The van der Waals surface area contributed by atoms with Crippen LogP contribution in [0.4, 0.5) is 4.79 Å². The molecule has 1 N–H and O–H groups in total. The first-order chi connectivity index (χ1) is 12.1. The molecule has 3 rings (SSSR count). The maximum atomic E-state index is 12.8. The number of pyridine rings is 1. The number of hydrogen-bond donors (Lipinski definition) is 1. The summed E-state index contributed by atoms with van der Waals surface area (Å²) in [6, 6.07) is 4.88. The Morgan fingerprint density at radius 1 is 1.24 bits per heavy atom. The zero-order chi connectivity index (χ0) is 17.8. The van der Waals surface area contributed by atoms with E-state index in [-0.39, 0.29) is 18.1 Å². The quantitative estimate of drug-likeness (QED) is 0.911. The van der Waals surface area contributed by atoms with Gasteiger partial charge in [0.1, 0.15) is 5.75 Å². The smallest absolute Gasteiger partial charge is 0.318 e. The Labute approximate surface area is 150 Å². The molecular formula is C19H30N4O2. The average Bonchev–Trinajstić information content (AvgIpc) is 3.12. The first-order valence-corrected chi connectivity index (χ1v) is 9.39. The van der Waals surface area contributed by atoms with Crippen molar-refractivity contribution in [2.45, 2.75) is 57.7 Å². The minimum Gasteiger partial charge on any atom is -0.495 e. The maximum absolute atomic E-state index is 12.8. The van der Waals surface area contributed by atoms with Crippen molar-refractivity contribution >= 4 is 6.03 Å². The minimum absolute atomic E-state index is 0.0584. The molecule has 2 amide bonds. The molecule has 0 spiro atoms. The number of methoxy groups -OCH3 is 1. The van der Waals surface area contributed by atoms with Crippen molar-refractivity contribution in [1.82, 2.24) is 20.1 Å². The summed E-state index contributed by atoms with van der Waals surface area (Å²) in [5, 5.41) is 3.25. The van der Waals surface area contributed by atoms with E-state index in [1.807, 2.05) is 17.0 Å². The number of nitrogens with zero attached hydrogens (tertiary/aromatic N) is 3. The predicted molar refractivity (Wildman–Crippen MR) is 97.7 cm³/mol. The monoisotopic (exact) mass is 346 g/mol.